The zero-order chi connectivity index (χ0) is 32.9. The van der Waals surface area contributed by atoms with Crippen LogP contribution < -0.4 is 10.6 Å². The highest BCUT2D eigenvalue weighted by atomic mass is 32.2. The van der Waals surface area contributed by atoms with Crippen molar-refractivity contribution in [3.63, 3.8) is 0 Å². The summed E-state index contributed by atoms with van der Waals surface area (Å²) in [5, 5.41) is 36.4. The minimum atomic E-state index is -1.46. The van der Waals surface area contributed by atoms with Gasteiger partial charge in [-0.3, -0.25) is 14.5 Å². The Morgan fingerprint density at radius 1 is 0.778 bits per heavy atom. The number of amides is 3. The first-order valence-electron chi connectivity index (χ1n) is 18.0. The number of ether oxygens (including phenoxy) is 1. The normalized spacial score (nSPS) is 23.4. The molecule has 5 N–H and O–H groups in total. The monoisotopic (exact) mass is 657 g/mol. The number of carbonyl (C=O) groups is 3. The Kier molecular flexibility index (Phi) is 20.9. The second-order valence-electron chi connectivity index (χ2n) is 12.9. The molecule has 6 atom stereocenters. The molecule has 262 valence electrons. The second kappa shape index (κ2) is 23.7. The third-order valence-corrected chi connectivity index (χ3v) is 10.4. The van der Waals surface area contributed by atoms with Gasteiger partial charge in [-0.25, -0.2) is 4.79 Å². The van der Waals surface area contributed by atoms with Crippen molar-refractivity contribution in [2.75, 3.05) is 18.9 Å². The first kappa shape index (κ1) is 39.6. The number of aliphatic hydroxyl groups is 3. The van der Waals surface area contributed by atoms with Crippen LogP contribution in [0.2, 0.25) is 0 Å². The maximum absolute atomic E-state index is 13.2. The molecule has 45 heavy (non-hydrogen) atoms. The van der Waals surface area contributed by atoms with Gasteiger partial charge in [0.25, 0.3) is 0 Å². The van der Waals surface area contributed by atoms with Crippen molar-refractivity contribution in [3.8, 4) is 0 Å². The average molecular weight is 658 g/mol. The Bertz CT molecular complexity index is 836. The topological polar surface area (TPSA) is 148 Å². The van der Waals surface area contributed by atoms with Gasteiger partial charge in [-0.1, -0.05) is 123 Å². The second-order valence-corrected chi connectivity index (χ2v) is 14.1. The lowest BCUT2D eigenvalue weighted by Crippen LogP contribution is -2.64. The van der Waals surface area contributed by atoms with Crippen molar-refractivity contribution in [2.45, 2.75) is 178 Å². The Hall–Kier alpha value is -1.56. The number of aliphatic hydroxyl groups excluding tert-OH is 3. The maximum atomic E-state index is 13.2. The number of nitrogens with one attached hydrogen (secondary N) is 2. The number of unbranched alkanes of at least 4 members (excludes halogenated alkanes) is 17. The zero-order valence-corrected chi connectivity index (χ0v) is 28.9. The van der Waals surface area contributed by atoms with Crippen molar-refractivity contribution in [1.82, 2.24) is 15.5 Å². The summed E-state index contributed by atoms with van der Waals surface area (Å²) in [7, 11) is 0. The van der Waals surface area contributed by atoms with Crippen molar-refractivity contribution >= 4 is 29.7 Å². The van der Waals surface area contributed by atoms with Gasteiger partial charge in [-0.2, -0.15) is 0 Å². The molecular formula is C34H63N3O7S. The van der Waals surface area contributed by atoms with Crippen LogP contribution in [0.1, 0.15) is 142 Å². The predicted octanol–water partition coefficient (Wildman–Crippen LogP) is 5.41. The van der Waals surface area contributed by atoms with Crippen LogP contribution in [0.3, 0.4) is 0 Å². The van der Waals surface area contributed by atoms with E-state index in [1.165, 1.54) is 88.4 Å². The van der Waals surface area contributed by atoms with E-state index in [2.05, 4.69) is 24.5 Å². The number of fused-ring (bicyclic) bond motifs is 1. The average Bonchev–Trinajstić information content (AvgIpc) is 3.42. The summed E-state index contributed by atoms with van der Waals surface area (Å²) < 4.78 is 5.08. The van der Waals surface area contributed by atoms with E-state index < -0.39 is 41.9 Å². The maximum Gasteiger partial charge on any atom is 0.411 e. The van der Waals surface area contributed by atoms with E-state index in [1.807, 2.05) is 0 Å². The van der Waals surface area contributed by atoms with Crippen LogP contribution in [0.5, 0.6) is 0 Å². The first-order valence-corrected chi connectivity index (χ1v) is 19.0. The molecule has 0 aromatic heterocycles. The van der Waals surface area contributed by atoms with Crippen LogP contribution in [-0.2, 0) is 14.3 Å². The zero-order valence-electron chi connectivity index (χ0n) is 28.1. The minimum Gasteiger partial charge on any atom is -0.447 e. The molecular weight excluding hydrogens is 594 g/mol. The molecule has 0 aliphatic carbocycles. The smallest absolute Gasteiger partial charge is 0.411 e. The molecule has 0 unspecified atom stereocenters. The summed E-state index contributed by atoms with van der Waals surface area (Å²) in [6.45, 7) is 4.87. The highest BCUT2D eigenvalue weighted by molar-refractivity contribution is 8.00. The Morgan fingerprint density at radius 2 is 1.29 bits per heavy atom. The van der Waals surface area contributed by atoms with Gasteiger partial charge in [-0.15, -0.1) is 11.8 Å². The van der Waals surface area contributed by atoms with Gasteiger partial charge in [0.05, 0.1) is 6.04 Å². The molecule has 2 fully saturated rings. The van der Waals surface area contributed by atoms with Gasteiger partial charge >= 0.3 is 6.09 Å². The summed E-state index contributed by atoms with van der Waals surface area (Å²) >= 11 is 1.10. The standard InChI is InChI=1S/C34H63N3O7S/c1-3-5-7-9-11-13-15-17-19-21-23-35-32(42)26(36-28(38)22-20-18-16-14-12-10-8-6-4-2)25-45-33-31(41)30(40)29(39)27-24-44-34(43)37(27)33/h26-27,29-31,33,39-41H,3-25H2,1-2H3,(H,35,42)(H,36,38)/t26-,27+,29-,30-,31+,33+/m0/s1. The highest BCUT2D eigenvalue weighted by Crippen LogP contribution is 2.35. The quantitative estimate of drug-likeness (QED) is 0.0777. The van der Waals surface area contributed by atoms with Crippen molar-refractivity contribution in [3.05, 3.63) is 0 Å². The van der Waals surface area contributed by atoms with Crippen molar-refractivity contribution in [1.29, 1.82) is 0 Å². The lowest BCUT2D eigenvalue weighted by atomic mass is 9.95. The summed E-state index contributed by atoms with van der Waals surface area (Å²) in [5.74, 6) is -0.407. The number of hydrogen-bond donors (Lipinski definition) is 5. The van der Waals surface area contributed by atoms with Crippen molar-refractivity contribution in [2.24, 2.45) is 0 Å². The van der Waals surface area contributed by atoms with E-state index in [1.54, 1.807) is 0 Å². The molecule has 2 heterocycles. The fraction of sp³-hybridized carbons (Fsp3) is 0.912. The Morgan fingerprint density at radius 3 is 1.84 bits per heavy atom. The Balaban J connectivity index is 1.82. The molecule has 2 aliphatic heterocycles. The van der Waals surface area contributed by atoms with Crippen LogP contribution in [0.25, 0.3) is 0 Å². The van der Waals surface area contributed by atoms with E-state index in [-0.39, 0.29) is 24.2 Å². The minimum absolute atomic E-state index is 0.0842. The fourth-order valence-electron chi connectivity index (χ4n) is 6.13. The molecule has 0 spiro atoms. The molecule has 0 saturated carbocycles. The van der Waals surface area contributed by atoms with Crippen molar-refractivity contribution < 1.29 is 34.4 Å². The molecule has 2 saturated heterocycles. The van der Waals surface area contributed by atoms with Gasteiger partial charge in [0, 0.05) is 18.7 Å². The molecule has 11 heteroatoms. The summed E-state index contributed by atoms with van der Waals surface area (Å²) in [5.41, 5.74) is 0. The molecule has 2 aliphatic rings. The number of carbonyl (C=O) groups excluding carboxylic acids is 3. The lowest BCUT2D eigenvalue weighted by molar-refractivity contribution is -0.128. The third-order valence-electron chi connectivity index (χ3n) is 9.03. The number of hydrogen-bond acceptors (Lipinski definition) is 8. The van der Waals surface area contributed by atoms with E-state index in [4.69, 9.17) is 4.74 Å². The molecule has 0 aromatic rings. The molecule has 0 bridgehead atoms. The summed E-state index contributed by atoms with van der Waals surface area (Å²) in [4.78, 5) is 39.7. The van der Waals surface area contributed by atoms with Gasteiger partial charge < -0.3 is 30.7 Å². The largest absolute Gasteiger partial charge is 0.447 e. The van der Waals surface area contributed by atoms with Crippen LogP contribution in [0, 0.1) is 0 Å². The molecule has 2 rings (SSSR count). The van der Waals surface area contributed by atoms with Gasteiger partial charge in [0.15, 0.2) is 0 Å². The van der Waals surface area contributed by atoms with Gasteiger partial charge in [-0.05, 0) is 12.8 Å². The first-order chi connectivity index (χ1) is 21.8. The molecule has 0 aromatic carbocycles. The number of nitrogens with zero attached hydrogens (tertiary/aromatic N) is 1. The Labute approximate surface area is 276 Å². The third kappa shape index (κ3) is 14.8. The number of thioether (sulfide) groups is 1. The number of piperidine rings is 1. The van der Waals surface area contributed by atoms with E-state index >= 15 is 0 Å². The van der Waals surface area contributed by atoms with Crippen LogP contribution in [-0.4, -0.2) is 92.8 Å². The highest BCUT2D eigenvalue weighted by Gasteiger charge is 2.54. The van der Waals surface area contributed by atoms with Crippen LogP contribution >= 0.6 is 11.8 Å². The van der Waals surface area contributed by atoms with Gasteiger partial charge in [0.1, 0.15) is 36.3 Å². The van der Waals surface area contributed by atoms with Crippen LogP contribution in [0.4, 0.5) is 4.79 Å². The summed E-state index contributed by atoms with van der Waals surface area (Å²) in [6, 6.07) is -1.64. The predicted molar refractivity (Wildman–Crippen MR) is 180 cm³/mol. The molecule has 3 amide bonds. The molecule has 0 radical (unpaired) electrons. The van der Waals surface area contributed by atoms with Crippen LogP contribution in [0.15, 0.2) is 0 Å². The van der Waals surface area contributed by atoms with E-state index in [0.29, 0.717) is 13.0 Å². The SMILES string of the molecule is CCCCCCCCCCCCNC(=O)[C@H](CS[C@@H]1[C@H](O)[C@@H](O)[C@@H](O)[C@H]2COC(=O)N21)NC(=O)CCCCCCCCCCC. The van der Waals surface area contributed by atoms with E-state index in [9.17, 15) is 29.7 Å². The fourth-order valence-corrected chi connectivity index (χ4v) is 7.52. The lowest BCUT2D eigenvalue weighted by Gasteiger charge is -2.44. The van der Waals surface area contributed by atoms with Gasteiger partial charge in [0.2, 0.25) is 11.8 Å². The number of cyclic esters (lactones) is 1. The van der Waals surface area contributed by atoms with E-state index in [0.717, 1.165) is 50.3 Å². The molecule has 10 nitrogen and oxygen atoms in total. The number of rotatable bonds is 26. The summed E-state index contributed by atoms with van der Waals surface area (Å²) in [6.07, 6.45) is 17.7.